The van der Waals surface area contributed by atoms with Crippen molar-refractivity contribution in [3.8, 4) is 0 Å². The van der Waals surface area contributed by atoms with Gasteiger partial charge in [-0.1, -0.05) is 29.3 Å². The quantitative estimate of drug-likeness (QED) is 0.485. The van der Waals surface area contributed by atoms with Crippen LogP contribution in [0, 0.1) is 6.92 Å². The molecule has 7 heteroatoms. The first kappa shape index (κ1) is 15.5. The first-order valence-electron chi connectivity index (χ1n) is 6.30. The maximum absolute atomic E-state index is 6.11. The summed E-state index contributed by atoms with van der Waals surface area (Å²) < 4.78 is 10.4. The van der Waals surface area contributed by atoms with Gasteiger partial charge in [0, 0.05) is 14.2 Å². The van der Waals surface area contributed by atoms with Crippen molar-refractivity contribution in [2.24, 2.45) is 0 Å². The van der Waals surface area contributed by atoms with Crippen LogP contribution in [0.5, 0.6) is 0 Å². The van der Waals surface area contributed by atoms with E-state index in [4.69, 9.17) is 21.1 Å². The second-order valence-corrected chi connectivity index (χ2v) is 4.70. The molecule has 0 saturated heterocycles. The fraction of sp³-hybridized carbons (Fsp3) is 0.286. The second kappa shape index (κ2) is 7.21. The van der Waals surface area contributed by atoms with Gasteiger partial charge in [0.15, 0.2) is 12.1 Å². The number of hydrogen-bond acceptors (Lipinski definition) is 6. The predicted octanol–water partition coefficient (Wildman–Crippen LogP) is 3.17. The Hall–Kier alpha value is -1.89. The Kier molecular flexibility index (Phi) is 5.32. The Morgan fingerprint density at radius 3 is 2.33 bits per heavy atom. The van der Waals surface area contributed by atoms with Gasteiger partial charge < -0.3 is 9.47 Å². The van der Waals surface area contributed by atoms with Gasteiger partial charge in [0.1, 0.15) is 11.5 Å². The number of hydrazine groups is 1. The summed E-state index contributed by atoms with van der Waals surface area (Å²) in [5.41, 5.74) is 8.65. The van der Waals surface area contributed by atoms with Crippen LogP contribution in [0.15, 0.2) is 30.6 Å². The van der Waals surface area contributed by atoms with E-state index in [1.165, 1.54) is 26.1 Å². The molecule has 0 atom stereocenters. The van der Waals surface area contributed by atoms with E-state index in [-0.39, 0.29) is 5.15 Å². The minimum absolute atomic E-state index is 0.270. The number of aromatic nitrogens is 2. The smallest absolute Gasteiger partial charge is 0.189 e. The van der Waals surface area contributed by atoms with Crippen molar-refractivity contribution in [2.75, 3.05) is 25.1 Å². The van der Waals surface area contributed by atoms with Crippen LogP contribution >= 0.6 is 11.6 Å². The second-order valence-electron chi connectivity index (χ2n) is 4.35. The van der Waals surface area contributed by atoms with Crippen molar-refractivity contribution < 1.29 is 9.47 Å². The predicted molar refractivity (Wildman–Crippen MR) is 82.2 cm³/mol. The SMILES string of the molecule is COC(OC)c1c(Cl)ncnc1NNc1ccc(C)cc1. The van der Waals surface area contributed by atoms with Gasteiger partial charge in [-0.05, 0) is 19.1 Å². The highest BCUT2D eigenvalue weighted by atomic mass is 35.5. The van der Waals surface area contributed by atoms with E-state index in [1.807, 2.05) is 31.2 Å². The first-order valence-corrected chi connectivity index (χ1v) is 6.68. The summed E-state index contributed by atoms with van der Waals surface area (Å²) in [6.07, 6.45) is 0.717. The lowest BCUT2D eigenvalue weighted by Crippen LogP contribution is -2.16. The van der Waals surface area contributed by atoms with Crippen LogP contribution in [0.4, 0.5) is 11.5 Å². The molecule has 112 valence electrons. The summed E-state index contributed by atoms with van der Waals surface area (Å²) in [4.78, 5) is 8.11. The summed E-state index contributed by atoms with van der Waals surface area (Å²) in [6.45, 7) is 2.03. The molecule has 21 heavy (non-hydrogen) atoms. The Morgan fingerprint density at radius 1 is 1.05 bits per heavy atom. The van der Waals surface area contributed by atoms with Crippen LogP contribution in [-0.4, -0.2) is 24.2 Å². The van der Waals surface area contributed by atoms with Crippen LogP contribution in [0.3, 0.4) is 0 Å². The molecule has 2 rings (SSSR count). The summed E-state index contributed by atoms with van der Waals surface area (Å²) in [5, 5.41) is 0.270. The zero-order valence-corrected chi connectivity index (χ0v) is 12.8. The Balaban J connectivity index is 2.19. The molecule has 2 N–H and O–H groups in total. The van der Waals surface area contributed by atoms with E-state index < -0.39 is 6.29 Å². The normalized spacial score (nSPS) is 10.7. The molecule has 0 amide bonds. The maximum Gasteiger partial charge on any atom is 0.189 e. The molecule has 0 aliphatic carbocycles. The van der Waals surface area contributed by atoms with Gasteiger partial charge >= 0.3 is 0 Å². The van der Waals surface area contributed by atoms with Crippen LogP contribution in [-0.2, 0) is 9.47 Å². The van der Waals surface area contributed by atoms with Gasteiger partial charge in [0.05, 0.1) is 11.3 Å². The molecule has 1 aromatic carbocycles. The van der Waals surface area contributed by atoms with Gasteiger partial charge in [-0.25, -0.2) is 9.97 Å². The molecular weight excluding hydrogens is 292 g/mol. The number of anilines is 2. The highest BCUT2D eigenvalue weighted by molar-refractivity contribution is 6.30. The van der Waals surface area contributed by atoms with Crippen molar-refractivity contribution in [3.63, 3.8) is 0 Å². The lowest BCUT2D eigenvalue weighted by molar-refractivity contribution is -0.105. The number of methoxy groups -OCH3 is 2. The molecule has 0 unspecified atom stereocenters. The molecule has 0 fully saturated rings. The number of nitrogens with one attached hydrogen (secondary N) is 2. The number of ether oxygens (including phenoxy) is 2. The average molecular weight is 309 g/mol. The standard InChI is InChI=1S/C14H17ClN4O2/c1-9-4-6-10(7-5-9)18-19-13-11(14(20-2)21-3)12(15)16-8-17-13/h4-8,14,18H,1-3H3,(H,16,17,19). The molecule has 0 spiro atoms. The van der Waals surface area contributed by atoms with Gasteiger partial charge in [-0.2, -0.15) is 0 Å². The number of benzene rings is 1. The topological polar surface area (TPSA) is 68.3 Å². The summed E-state index contributed by atoms with van der Waals surface area (Å²) in [5.74, 6) is 0.490. The molecule has 0 saturated carbocycles. The number of nitrogens with zero attached hydrogens (tertiary/aromatic N) is 2. The molecular formula is C14H17ClN4O2. The third-order valence-electron chi connectivity index (χ3n) is 2.88. The van der Waals surface area contributed by atoms with E-state index in [2.05, 4.69) is 20.8 Å². The molecule has 0 aliphatic rings. The van der Waals surface area contributed by atoms with Crippen molar-refractivity contribution in [3.05, 3.63) is 46.9 Å². The minimum Gasteiger partial charge on any atom is -0.351 e. The fourth-order valence-electron chi connectivity index (χ4n) is 1.78. The highest BCUT2D eigenvalue weighted by Gasteiger charge is 2.20. The molecule has 6 nitrogen and oxygen atoms in total. The first-order chi connectivity index (χ1) is 10.2. The largest absolute Gasteiger partial charge is 0.351 e. The van der Waals surface area contributed by atoms with Gasteiger partial charge in [0.2, 0.25) is 0 Å². The van der Waals surface area contributed by atoms with Gasteiger partial charge in [-0.15, -0.1) is 0 Å². The van der Waals surface area contributed by atoms with Crippen molar-refractivity contribution in [2.45, 2.75) is 13.2 Å². The van der Waals surface area contributed by atoms with E-state index in [1.54, 1.807) is 0 Å². The Morgan fingerprint density at radius 2 is 1.71 bits per heavy atom. The van der Waals surface area contributed by atoms with E-state index >= 15 is 0 Å². The van der Waals surface area contributed by atoms with Crippen molar-refractivity contribution >= 4 is 23.1 Å². The molecule has 1 heterocycles. The maximum atomic E-state index is 6.11. The van der Waals surface area contributed by atoms with E-state index in [0.29, 0.717) is 11.4 Å². The third kappa shape index (κ3) is 3.81. The number of aryl methyl sites for hydroxylation is 1. The van der Waals surface area contributed by atoms with Gasteiger partial charge in [-0.3, -0.25) is 10.9 Å². The molecule has 0 aliphatic heterocycles. The molecule has 0 bridgehead atoms. The van der Waals surface area contributed by atoms with Gasteiger partial charge in [0.25, 0.3) is 0 Å². The van der Waals surface area contributed by atoms with E-state index in [9.17, 15) is 0 Å². The monoisotopic (exact) mass is 308 g/mol. The number of halogens is 1. The molecule has 2 aromatic rings. The zero-order chi connectivity index (χ0) is 15.2. The molecule has 0 radical (unpaired) electrons. The summed E-state index contributed by atoms with van der Waals surface area (Å²) in [7, 11) is 3.04. The molecule has 1 aromatic heterocycles. The van der Waals surface area contributed by atoms with E-state index in [0.717, 1.165) is 5.69 Å². The number of hydrogen-bond donors (Lipinski definition) is 2. The van der Waals surface area contributed by atoms with Crippen LogP contribution < -0.4 is 10.9 Å². The number of rotatable bonds is 6. The third-order valence-corrected chi connectivity index (χ3v) is 3.18. The minimum atomic E-state index is -0.652. The van der Waals surface area contributed by atoms with Crippen LogP contribution in [0.25, 0.3) is 0 Å². The Labute approximate surface area is 128 Å². The van der Waals surface area contributed by atoms with Crippen LogP contribution in [0.1, 0.15) is 17.4 Å². The average Bonchev–Trinajstić information content (AvgIpc) is 2.50. The fourth-order valence-corrected chi connectivity index (χ4v) is 2.00. The lowest BCUT2D eigenvalue weighted by atomic mass is 10.2. The lowest BCUT2D eigenvalue weighted by Gasteiger charge is -2.18. The highest BCUT2D eigenvalue weighted by Crippen LogP contribution is 2.29. The van der Waals surface area contributed by atoms with Crippen LogP contribution in [0.2, 0.25) is 5.15 Å². The zero-order valence-electron chi connectivity index (χ0n) is 12.1. The summed E-state index contributed by atoms with van der Waals surface area (Å²) >= 11 is 6.11. The summed E-state index contributed by atoms with van der Waals surface area (Å²) in [6, 6.07) is 7.92. The van der Waals surface area contributed by atoms with Crippen molar-refractivity contribution in [1.29, 1.82) is 0 Å². The van der Waals surface area contributed by atoms with Crippen molar-refractivity contribution in [1.82, 2.24) is 9.97 Å². The Bertz CT molecular complexity index is 588.